The molecule has 3 nitrogen and oxygen atoms in total. The Morgan fingerprint density at radius 2 is 1.82 bits per heavy atom. The number of halogens is 2. The monoisotopic (exact) mass is 393 g/mol. The average molecular weight is 394 g/mol. The van der Waals surface area contributed by atoms with Gasteiger partial charge in [0.05, 0.1) is 18.8 Å². The molecule has 0 fully saturated rings. The Balaban J connectivity index is 1.83. The number of ether oxygens (including phenoxy) is 2. The molecule has 0 aliphatic carbocycles. The summed E-state index contributed by atoms with van der Waals surface area (Å²) in [6.07, 6.45) is 1.61. The highest BCUT2D eigenvalue weighted by atomic mass is 35.5. The van der Waals surface area contributed by atoms with E-state index in [-0.39, 0.29) is 11.1 Å². The molecule has 28 heavy (non-hydrogen) atoms. The highest BCUT2D eigenvalue weighted by Crippen LogP contribution is 2.31. The van der Waals surface area contributed by atoms with Crippen LogP contribution in [0, 0.1) is 17.1 Å². The van der Waals surface area contributed by atoms with E-state index in [0.717, 1.165) is 5.56 Å². The van der Waals surface area contributed by atoms with Crippen molar-refractivity contribution in [3.63, 3.8) is 0 Å². The van der Waals surface area contributed by atoms with Gasteiger partial charge in [0.1, 0.15) is 12.4 Å². The Morgan fingerprint density at radius 1 is 1.07 bits per heavy atom. The minimum atomic E-state index is -0.440. The molecule has 3 aromatic carbocycles. The number of hydrogen-bond acceptors (Lipinski definition) is 3. The lowest BCUT2D eigenvalue weighted by molar-refractivity contribution is 0.284. The third-order valence-corrected chi connectivity index (χ3v) is 4.34. The SMILES string of the molecule is COc1cc(C=C(C#N)c2ccccc2F)ccc1OCc1ccc(Cl)cc1. The fourth-order valence-corrected chi connectivity index (χ4v) is 2.78. The van der Waals surface area contributed by atoms with Crippen LogP contribution in [0.5, 0.6) is 11.5 Å². The second kappa shape index (κ2) is 9.07. The van der Waals surface area contributed by atoms with Crippen LogP contribution in [0.15, 0.2) is 66.7 Å². The van der Waals surface area contributed by atoms with Crippen molar-refractivity contribution in [2.75, 3.05) is 7.11 Å². The van der Waals surface area contributed by atoms with Crippen molar-refractivity contribution in [1.82, 2.24) is 0 Å². The molecular formula is C23H17ClFNO2. The molecule has 0 spiro atoms. The molecule has 140 valence electrons. The van der Waals surface area contributed by atoms with Gasteiger partial charge in [-0.25, -0.2) is 4.39 Å². The third kappa shape index (κ3) is 4.70. The lowest BCUT2D eigenvalue weighted by atomic mass is 10.0. The van der Waals surface area contributed by atoms with Crippen LogP contribution in [0.2, 0.25) is 5.02 Å². The summed E-state index contributed by atoms with van der Waals surface area (Å²) < 4.78 is 25.2. The average Bonchev–Trinajstić information content (AvgIpc) is 2.72. The Hall–Kier alpha value is -3.29. The molecular weight excluding hydrogens is 377 g/mol. The molecule has 0 aliphatic heterocycles. The van der Waals surface area contributed by atoms with E-state index >= 15 is 0 Å². The first-order valence-corrected chi connectivity index (χ1v) is 8.90. The number of benzene rings is 3. The van der Waals surface area contributed by atoms with Crippen LogP contribution in [-0.4, -0.2) is 7.11 Å². The molecule has 0 aliphatic rings. The molecule has 0 unspecified atom stereocenters. The topological polar surface area (TPSA) is 42.2 Å². The van der Waals surface area contributed by atoms with Gasteiger partial charge < -0.3 is 9.47 Å². The first-order chi connectivity index (χ1) is 13.6. The van der Waals surface area contributed by atoms with Crippen LogP contribution < -0.4 is 9.47 Å². The zero-order valence-corrected chi connectivity index (χ0v) is 15.9. The van der Waals surface area contributed by atoms with E-state index in [4.69, 9.17) is 21.1 Å². The van der Waals surface area contributed by atoms with Gasteiger partial charge in [-0.1, -0.05) is 48.0 Å². The van der Waals surface area contributed by atoms with Gasteiger partial charge in [0, 0.05) is 10.6 Å². The van der Waals surface area contributed by atoms with Crippen molar-refractivity contribution >= 4 is 23.3 Å². The number of nitriles is 1. The zero-order valence-electron chi connectivity index (χ0n) is 15.2. The predicted molar refractivity (Wildman–Crippen MR) is 109 cm³/mol. The van der Waals surface area contributed by atoms with E-state index < -0.39 is 5.82 Å². The Bertz CT molecular complexity index is 1040. The lowest BCUT2D eigenvalue weighted by Crippen LogP contribution is -1.98. The maximum Gasteiger partial charge on any atom is 0.161 e. The highest BCUT2D eigenvalue weighted by Gasteiger charge is 2.09. The number of nitrogens with zero attached hydrogens (tertiary/aromatic N) is 1. The number of allylic oxidation sites excluding steroid dienone is 1. The molecule has 0 amide bonds. The van der Waals surface area contributed by atoms with Crippen molar-refractivity contribution < 1.29 is 13.9 Å². The molecule has 0 aromatic heterocycles. The van der Waals surface area contributed by atoms with E-state index in [0.29, 0.717) is 28.7 Å². The molecule has 0 saturated heterocycles. The normalized spacial score (nSPS) is 11.0. The number of hydrogen-bond donors (Lipinski definition) is 0. The van der Waals surface area contributed by atoms with Crippen LogP contribution in [0.25, 0.3) is 11.6 Å². The molecule has 5 heteroatoms. The van der Waals surface area contributed by atoms with E-state index in [9.17, 15) is 9.65 Å². The maximum atomic E-state index is 14.0. The van der Waals surface area contributed by atoms with Crippen LogP contribution in [0.1, 0.15) is 16.7 Å². The predicted octanol–water partition coefficient (Wildman–Crippen LogP) is 6.13. The largest absolute Gasteiger partial charge is 0.493 e. The van der Waals surface area contributed by atoms with Crippen LogP contribution in [0.3, 0.4) is 0 Å². The molecule has 3 rings (SSSR count). The minimum absolute atomic E-state index is 0.231. The molecule has 0 saturated carbocycles. The first-order valence-electron chi connectivity index (χ1n) is 8.52. The first kappa shape index (κ1) is 19.5. The van der Waals surface area contributed by atoms with Crippen LogP contribution >= 0.6 is 11.6 Å². The number of methoxy groups -OCH3 is 1. The van der Waals surface area contributed by atoms with E-state index in [1.807, 2.05) is 18.2 Å². The maximum absolute atomic E-state index is 14.0. The summed E-state index contributed by atoms with van der Waals surface area (Å²) in [6.45, 7) is 0.362. The molecule has 0 heterocycles. The van der Waals surface area contributed by atoms with Crippen molar-refractivity contribution in [1.29, 1.82) is 5.26 Å². The highest BCUT2D eigenvalue weighted by molar-refractivity contribution is 6.30. The van der Waals surface area contributed by atoms with Gasteiger partial charge in [-0.15, -0.1) is 0 Å². The van der Waals surface area contributed by atoms with Crippen molar-refractivity contribution in [3.05, 3.63) is 94.3 Å². The van der Waals surface area contributed by atoms with Gasteiger partial charge in [-0.3, -0.25) is 0 Å². The minimum Gasteiger partial charge on any atom is -0.493 e. The second-order valence-electron chi connectivity index (χ2n) is 5.98. The Kier molecular flexibility index (Phi) is 6.31. The smallest absolute Gasteiger partial charge is 0.161 e. The summed E-state index contributed by atoms with van der Waals surface area (Å²) in [5.74, 6) is 0.651. The number of rotatable bonds is 6. The third-order valence-electron chi connectivity index (χ3n) is 4.09. The Morgan fingerprint density at radius 3 is 2.50 bits per heavy atom. The van der Waals surface area contributed by atoms with Crippen molar-refractivity contribution in [2.45, 2.75) is 6.61 Å². The van der Waals surface area contributed by atoms with E-state index in [1.54, 1.807) is 61.7 Å². The van der Waals surface area contributed by atoms with Crippen LogP contribution in [-0.2, 0) is 6.61 Å². The molecule has 0 N–H and O–H groups in total. The molecule has 0 atom stereocenters. The van der Waals surface area contributed by atoms with Gasteiger partial charge in [0.25, 0.3) is 0 Å². The zero-order chi connectivity index (χ0) is 19.9. The molecule has 0 radical (unpaired) electrons. The van der Waals surface area contributed by atoms with Gasteiger partial charge in [-0.05, 0) is 47.5 Å². The summed E-state index contributed by atoms with van der Waals surface area (Å²) >= 11 is 5.89. The van der Waals surface area contributed by atoms with Gasteiger partial charge in [0.15, 0.2) is 11.5 Å². The Labute approximate surface area is 168 Å². The van der Waals surface area contributed by atoms with Crippen molar-refractivity contribution in [2.24, 2.45) is 0 Å². The lowest BCUT2D eigenvalue weighted by Gasteiger charge is -2.12. The quantitative estimate of drug-likeness (QED) is 0.373. The summed E-state index contributed by atoms with van der Waals surface area (Å²) in [5.41, 5.74) is 2.17. The fraction of sp³-hybridized carbons (Fsp3) is 0.0870. The summed E-state index contributed by atoms with van der Waals surface area (Å²) in [7, 11) is 1.54. The fourth-order valence-electron chi connectivity index (χ4n) is 2.65. The van der Waals surface area contributed by atoms with E-state index in [2.05, 4.69) is 0 Å². The second-order valence-corrected chi connectivity index (χ2v) is 6.41. The van der Waals surface area contributed by atoms with Gasteiger partial charge in [0.2, 0.25) is 0 Å². The molecule has 0 bridgehead atoms. The summed E-state index contributed by atoms with van der Waals surface area (Å²) in [4.78, 5) is 0. The summed E-state index contributed by atoms with van der Waals surface area (Å²) in [5, 5.41) is 10.1. The van der Waals surface area contributed by atoms with Crippen molar-refractivity contribution in [3.8, 4) is 17.6 Å². The van der Waals surface area contributed by atoms with Gasteiger partial charge >= 0.3 is 0 Å². The van der Waals surface area contributed by atoms with Gasteiger partial charge in [-0.2, -0.15) is 5.26 Å². The van der Waals surface area contributed by atoms with Crippen LogP contribution in [0.4, 0.5) is 4.39 Å². The van der Waals surface area contributed by atoms with E-state index in [1.165, 1.54) is 6.07 Å². The molecule has 3 aromatic rings. The standard InChI is InChI=1S/C23H17ClFNO2/c1-27-23-13-17(12-18(14-26)20-4-2-3-5-21(20)25)8-11-22(23)28-15-16-6-9-19(24)10-7-16/h2-13H,15H2,1H3. The summed E-state index contributed by atoms with van der Waals surface area (Å²) in [6, 6.07) is 20.9.